The Morgan fingerprint density at radius 1 is 0.938 bits per heavy atom. The molecule has 0 heterocycles. The van der Waals surface area contributed by atoms with Crippen LogP contribution in [0.4, 0.5) is 10.1 Å². The van der Waals surface area contributed by atoms with Crippen molar-refractivity contribution in [1.82, 2.24) is 5.32 Å². The van der Waals surface area contributed by atoms with Gasteiger partial charge in [0.25, 0.3) is 15.9 Å². The van der Waals surface area contributed by atoms with Crippen molar-refractivity contribution in [3.8, 4) is 11.5 Å². The molecule has 2 N–H and O–H groups in total. The smallest absolute Gasteiger partial charge is 0.261 e. The number of carbonyl (C=O) groups excluding carboxylic acids is 1. The van der Waals surface area contributed by atoms with Gasteiger partial charge in [0.2, 0.25) is 0 Å². The fourth-order valence-corrected chi connectivity index (χ4v) is 3.87. The Hall–Kier alpha value is -3.59. The Bertz CT molecular complexity index is 1150. The highest BCUT2D eigenvalue weighted by molar-refractivity contribution is 7.92. The lowest BCUT2D eigenvalue weighted by Crippen LogP contribution is -2.28. The maximum Gasteiger partial charge on any atom is 0.261 e. The number of benzene rings is 3. The first-order chi connectivity index (χ1) is 15.4. The van der Waals surface area contributed by atoms with Crippen LogP contribution in [0.15, 0.2) is 77.7 Å². The van der Waals surface area contributed by atoms with E-state index in [0.717, 1.165) is 0 Å². The molecule has 1 amide bonds. The SMILES string of the molecule is CCOc1ccc(NS(=O)(=O)c2cccc(C(=O)NCCOc3ccc(F)cc3)c2)cc1. The minimum atomic E-state index is -3.89. The monoisotopic (exact) mass is 458 g/mol. The first-order valence-corrected chi connectivity index (χ1v) is 11.4. The maximum absolute atomic E-state index is 12.9. The van der Waals surface area contributed by atoms with E-state index in [4.69, 9.17) is 9.47 Å². The van der Waals surface area contributed by atoms with Gasteiger partial charge in [0.15, 0.2) is 0 Å². The number of amides is 1. The lowest BCUT2D eigenvalue weighted by molar-refractivity contribution is 0.0946. The molecule has 0 bridgehead atoms. The zero-order chi connectivity index (χ0) is 23.0. The molecule has 0 radical (unpaired) electrons. The third-order valence-corrected chi connectivity index (χ3v) is 5.67. The van der Waals surface area contributed by atoms with E-state index in [1.165, 1.54) is 48.5 Å². The predicted molar refractivity (Wildman–Crippen MR) is 119 cm³/mol. The molecule has 0 unspecified atom stereocenters. The highest BCUT2D eigenvalue weighted by atomic mass is 32.2. The van der Waals surface area contributed by atoms with Crippen LogP contribution in [-0.2, 0) is 10.0 Å². The summed E-state index contributed by atoms with van der Waals surface area (Å²) in [6, 6.07) is 17.8. The molecular weight excluding hydrogens is 435 g/mol. The molecule has 3 aromatic rings. The fraction of sp³-hybridized carbons (Fsp3) is 0.174. The number of carbonyl (C=O) groups is 1. The number of nitrogens with one attached hydrogen (secondary N) is 2. The number of hydrogen-bond acceptors (Lipinski definition) is 5. The van der Waals surface area contributed by atoms with Crippen LogP contribution in [0.1, 0.15) is 17.3 Å². The van der Waals surface area contributed by atoms with Crippen molar-refractivity contribution in [1.29, 1.82) is 0 Å². The van der Waals surface area contributed by atoms with E-state index in [1.807, 2.05) is 6.92 Å². The Kier molecular flexibility index (Phi) is 7.67. The minimum Gasteiger partial charge on any atom is -0.494 e. The third kappa shape index (κ3) is 6.45. The van der Waals surface area contributed by atoms with Crippen LogP contribution in [-0.4, -0.2) is 34.1 Å². The molecule has 168 valence electrons. The van der Waals surface area contributed by atoms with E-state index in [2.05, 4.69) is 10.0 Å². The molecule has 0 aliphatic heterocycles. The number of rotatable bonds is 10. The molecule has 3 aromatic carbocycles. The van der Waals surface area contributed by atoms with Gasteiger partial charge in [-0.05, 0) is 73.7 Å². The van der Waals surface area contributed by atoms with Crippen LogP contribution in [0.25, 0.3) is 0 Å². The second-order valence-electron chi connectivity index (χ2n) is 6.65. The molecule has 0 atom stereocenters. The second kappa shape index (κ2) is 10.6. The van der Waals surface area contributed by atoms with Gasteiger partial charge in [-0.15, -0.1) is 0 Å². The maximum atomic E-state index is 12.9. The highest BCUT2D eigenvalue weighted by Gasteiger charge is 2.16. The summed E-state index contributed by atoms with van der Waals surface area (Å²) in [5.74, 6) is 0.315. The van der Waals surface area contributed by atoms with Crippen molar-refractivity contribution in [2.24, 2.45) is 0 Å². The summed E-state index contributed by atoms with van der Waals surface area (Å²) in [7, 11) is -3.89. The molecule has 0 aromatic heterocycles. The lowest BCUT2D eigenvalue weighted by atomic mass is 10.2. The largest absolute Gasteiger partial charge is 0.494 e. The normalized spacial score (nSPS) is 10.9. The summed E-state index contributed by atoms with van der Waals surface area (Å²) in [6.07, 6.45) is 0. The zero-order valence-electron chi connectivity index (χ0n) is 17.4. The summed E-state index contributed by atoms with van der Waals surface area (Å²) in [4.78, 5) is 12.4. The minimum absolute atomic E-state index is 0.0402. The zero-order valence-corrected chi connectivity index (χ0v) is 18.2. The Morgan fingerprint density at radius 2 is 1.59 bits per heavy atom. The molecule has 7 nitrogen and oxygen atoms in total. The van der Waals surface area contributed by atoms with Gasteiger partial charge in [0.1, 0.15) is 23.9 Å². The first-order valence-electron chi connectivity index (χ1n) is 9.90. The summed E-state index contributed by atoms with van der Waals surface area (Å²) < 4.78 is 51.5. The molecule has 9 heteroatoms. The van der Waals surface area contributed by atoms with Crippen molar-refractivity contribution in [3.05, 3.63) is 84.2 Å². The third-order valence-electron chi connectivity index (χ3n) is 4.29. The summed E-state index contributed by atoms with van der Waals surface area (Å²) in [5.41, 5.74) is 0.572. The Balaban J connectivity index is 1.58. The number of halogens is 1. The number of anilines is 1. The molecule has 0 fully saturated rings. The van der Waals surface area contributed by atoms with Crippen molar-refractivity contribution in [2.75, 3.05) is 24.5 Å². The van der Waals surface area contributed by atoms with Crippen molar-refractivity contribution in [3.63, 3.8) is 0 Å². The molecule has 0 aliphatic rings. The molecule has 0 aliphatic carbocycles. The van der Waals surface area contributed by atoms with E-state index >= 15 is 0 Å². The second-order valence-corrected chi connectivity index (χ2v) is 8.33. The van der Waals surface area contributed by atoms with Crippen LogP contribution < -0.4 is 19.5 Å². The summed E-state index contributed by atoms with van der Waals surface area (Å²) in [6.45, 7) is 2.74. The van der Waals surface area contributed by atoms with E-state index in [1.54, 1.807) is 24.3 Å². The average Bonchev–Trinajstić information content (AvgIpc) is 2.79. The summed E-state index contributed by atoms with van der Waals surface area (Å²) in [5, 5.41) is 2.66. The van der Waals surface area contributed by atoms with Gasteiger partial charge < -0.3 is 14.8 Å². The van der Waals surface area contributed by atoms with Gasteiger partial charge in [-0.25, -0.2) is 12.8 Å². The van der Waals surface area contributed by atoms with Crippen LogP contribution >= 0.6 is 0 Å². The van der Waals surface area contributed by atoms with Crippen molar-refractivity contribution >= 4 is 21.6 Å². The van der Waals surface area contributed by atoms with Gasteiger partial charge in [-0.2, -0.15) is 0 Å². The van der Waals surface area contributed by atoms with Crippen LogP contribution in [0, 0.1) is 5.82 Å². The molecular formula is C23H23FN2O5S. The number of sulfonamides is 1. The summed E-state index contributed by atoms with van der Waals surface area (Å²) >= 11 is 0. The average molecular weight is 459 g/mol. The van der Waals surface area contributed by atoms with Gasteiger partial charge in [-0.3, -0.25) is 9.52 Å². The highest BCUT2D eigenvalue weighted by Crippen LogP contribution is 2.20. The van der Waals surface area contributed by atoms with Crippen LogP contribution in [0.5, 0.6) is 11.5 Å². The molecule has 0 saturated heterocycles. The molecule has 0 saturated carbocycles. The van der Waals surface area contributed by atoms with E-state index in [9.17, 15) is 17.6 Å². The molecule has 0 spiro atoms. The van der Waals surface area contributed by atoms with Gasteiger partial charge in [0.05, 0.1) is 18.0 Å². The number of ether oxygens (including phenoxy) is 2. The standard InChI is InChI=1S/C23H23FN2O5S/c1-2-30-20-12-8-19(9-13-20)26-32(28,29)22-5-3-4-17(16-22)23(27)25-14-15-31-21-10-6-18(24)7-11-21/h3-13,16,26H,2,14-15H2,1H3,(H,25,27). The van der Waals surface area contributed by atoms with Crippen molar-refractivity contribution in [2.45, 2.75) is 11.8 Å². The van der Waals surface area contributed by atoms with E-state index in [-0.39, 0.29) is 29.4 Å². The fourth-order valence-electron chi connectivity index (χ4n) is 2.77. The molecule has 32 heavy (non-hydrogen) atoms. The predicted octanol–water partition coefficient (Wildman–Crippen LogP) is 3.83. The van der Waals surface area contributed by atoms with Crippen LogP contribution in [0.3, 0.4) is 0 Å². The van der Waals surface area contributed by atoms with Gasteiger partial charge in [0, 0.05) is 11.3 Å². The van der Waals surface area contributed by atoms with E-state index in [0.29, 0.717) is 23.8 Å². The van der Waals surface area contributed by atoms with Crippen molar-refractivity contribution < 1.29 is 27.1 Å². The first kappa shape index (κ1) is 23.1. The van der Waals surface area contributed by atoms with Crippen LogP contribution in [0.2, 0.25) is 0 Å². The Labute approximate surface area is 186 Å². The topological polar surface area (TPSA) is 93.7 Å². The van der Waals surface area contributed by atoms with Gasteiger partial charge in [-0.1, -0.05) is 6.07 Å². The quantitative estimate of drug-likeness (QED) is 0.451. The van der Waals surface area contributed by atoms with E-state index < -0.39 is 15.9 Å². The molecule has 3 rings (SSSR count). The number of hydrogen-bond donors (Lipinski definition) is 2. The Morgan fingerprint density at radius 3 is 2.28 bits per heavy atom. The van der Waals surface area contributed by atoms with Gasteiger partial charge >= 0.3 is 0 Å². The lowest BCUT2D eigenvalue weighted by Gasteiger charge is -2.11.